The minimum Gasteiger partial charge on any atom is -0.467 e. The number of benzene rings is 1. The van der Waals surface area contributed by atoms with Crippen LogP contribution in [0.2, 0.25) is 0 Å². The molecule has 0 heterocycles. The standard InChI is InChI=1S/C16H22N2O4/c1-10(2)9-14(16(21)22-4)18-15(20)12-5-7-13(8-6-12)17-11(3)19/h5-8,10,14H,9H2,1-4H3,(H,17,19)(H,18,20). The predicted octanol–water partition coefficient (Wildman–Crippen LogP) is 1.96. The maximum absolute atomic E-state index is 12.2. The molecule has 6 heteroatoms. The molecule has 0 bridgehead atoms. The molecule has 0 fully saturated rings. The van der Waals surface area contributed by atoms with Gasteiger partial charge in [-0.15, -0.1) is 0 Å². The van der Waals surface area contributed by atoms with Crippen molar-refractivity contribution in [3.05, 3.63) is 29.8 Å². The smallest absolute Gasteiger partial charge is 0.328 e. The predicted molar refractivity (Wildman–Crippen MR) is 83.5 cm³/mol. The van der Waals surface area contributed by atoms with Crippen molar-refractivity contribution in [2.45, 2.75) is 33.2 Å². The van der Waals surface area contributed by atoms with E-state index >= 15 is 0 Å². The van der Waals surface area contributed by atoms with Gasteiger partial charge in [-0.3, -0.25) is 9.59 Å². The average Bonchev–Trinajstić information content (AvgIpc) is 2.45. The number of carbonyl (C=O) groups is 3. The first-order valence-electron chi connectivity index (χ1n) is 7.09. The molecular formula is C16H22N2O4. The lowest BCUT2D eigenvalue weighted by atomic mass is 10.0. The monoisotopic (exact) mass is 306 g/mol. The lowest BCUT2D eigenvalue weighted by Crippen LogP contribution is -2.42. The number of amides is 2. The van der Waals surface area contributed by atoms with E-state index in [9.17, 15) is 14.4 Å². The number of esters is 1. The maximum atomic E-state index is 12.2. The third-order valence-electron chi connectivity index (χ3n) is 2.97. The molecule has 1 rings (SSSR count). The molecule has 1 aromatic rings. The molecular weight excluding hydrogens is 284 g/mol. The molecule has 22 heavy (non-hydrogen) atoms. The largest absolute Gasteiger partial charge is 0.467 e. The van der Waals surface area contributed by atoms with Crippen LogP contribution in [0, 0.1) is 5.92 Å². The van der Waals surface area contributed by atoms with Crippen molar-refractivity contribution in [2.24, 2.45) is 5.92 Å². The molecule has 0 aromatic heterocycles. The fourth-order valence-corrected chi connectivity index (χ4v) is 1.98. The van der Waals surface area contributed by atoms with Crippen molar-refractivity contribution >= 4 is 23.5 Å². The van der Waals surface area contributed by atoms with Crippen molar-refractivity contribution < 1.29 is 19.1 Å². The summed E-state index contributed by atoms with van der Waals surface area (Å²) in [6.45, 7) is 5.34. The molecule has 1 aromatic carbocycles. The summed E-state index contributed by atoms with van der Waals surface area (Å²) in [6.07, 6.45) is 0.502. The van der Waals surface area contributed by atoms with Crippen LogP contribution in [0.4, 0.5) is 5.69 Å². The number of rotatable bonds is 6. The van der Waals surface area contributed by atoms with Gasteiger partial charge in [0.1, 0.15) is 6.04 Å². The van der Waals surface area contributed by atoms with Crippen molar-refractivity contribution in [3.63, 3.8) is 0 Å². The van der Waals surface area contributed by atoms with Gasteiger partial charge in [-0.05, 0) is 36.6 Å². The minimum absolute atomic E-state index is 0.181. The third kappa shape index (κ3) is 5.55. The summed E-state index contributed by atoms with van der Waals surface area (Å²) < 4.78 is 4.71. The van der Waals surface area contributed by atoms with Crippen molar-refractivity contribution in [1.82, 2.24) is 5.32 Å². The van der Waals surface area contributed by atoms with Gasteiger partial charge in [0.15, 0.2) is 0 Å². The van der Waals surface area contributed by atoms with Crippen LogP contribution in [-0.4, -0.2) is 30.9 Å². The maximum Gasteiger partial charge on any atom is 0.328 e. The highest BCUT2D eigenvalue weighted by atomic mass is 16.5. The summed E-state index contributed by atoms with van der Waals surface area (Å²) in [6, 6.07) is 5.76. The van der Waals surface area contributed by atoms with Gasteiger partial charge >= 0.3 is 5.97 Å². The highest BCUT2D eigenvalue weighted by Gasteiger charge is 2.23. The molecule has 0 spiro atoms. The second-order valence-corrected chi connectivity index (χ2v) is 5.44. The summed E-state index contributed by atoms with van der Waals surface area (Å²) in [5.41, 5.74) is 1.02. The van der Waals surface area contributed by atoms with Crippen LogP contribution in [0.15, 0.2) is 24.3 Å². The topological polar surface area (TPSA) is 84.5 Å². The molecule has 0 saturated carbocycles. The Bertz CT molecular complexity index is 538. The quantitative estimate of drug-likeness (QED) is 0.787. The number of methoxy groups -OCH3 is 1. The van der Waals surface area contributed by atoms with Gasteiger partial charge in [0.2, 0.25) is 5.91 Å². The first-order chi connectivity index (χ1) is 10.3. The number of hydrogen-bond acceptors (Lipinski definition) is 4. The van der Waals surface area contributed by atoms with Crippen molar-refractivity contribution in [2.75, 3.05) is 12.4 Å². The van der Waals surface area contributed by atoms with Crippen LogP contribution in [-0.2, 0) is 14.3 Å². The summed E-state index contributed by atoms with van der Waals surface area (Å²) in [5, 5.41) is 5.30. The van der Waals surface area contributed by atoms with E-state index in [1.54, 1.807) is 24.3 Å². The van der Waals surface area contributed by atoms with E-state index in [1.165, 1.54) is 14.0 Å². The Balaban J connectivity index is 2.76. The molecule has 1 unspecified atom stereocenters. The number of nitrogens with one attached hydrogen (secondary N) is 2. The first kappa shape index (κ1) is 17.7. The zero-order chi connectivity index (χ0) is 16.7. The number of anilines is 1. The average molecular weight is 306 g/mol. The van der Waals surface area contributed by atoms with Crippen molar-refractivity contribution in [3.8, 4) is 0 Å². The number of hydrogen-bond donors (Lipinski definition) is 2. The van der Waals surface area contributed by atoms with Crippen LogP contribution < -0.4 is 10.6 Å². The Hall–Kier alpha value is -2.37. The van der Waals surface area contributed by atoms with E-state index in [0.29, 0.717) is 17.7 Å². The lowest BCUT2D eigenvalue weighted by Gasteiger charge is -2.18. The summed E-state index contributed by atoms with van der Waals surface area (Å²) in [7, 11) is 1.30. The molecule has 2 amide bonds. The Morgan fingerprint density at radius 3 is 2.18 bits per heavy atom. The first-order valence-corrected chi connectivity index (χ1v) is 7.09. The number of ether oxygens (including phenoxy) is 1. The van der Waals surface area contributed by atoms with Gasteiger partial charge in [0.05, 0.1) is 7.11 Å². The summed E-state index contributed by atoms with van der Waals surface area (Å²) in [5.74, 6) is -0.756. The Kier molecular flexibility index (Phi) is 6.56. The molecule has 6 nitrogen and oxygen atoms in total. The Morgan fingerprint density at radius 1 is 1.14 bits per heavy atom. The second-order valence-electron chi connectivity index (χ2n) is 5.44. The zero-order valence-corrected chi connectivity index (χ0v) is 13.3. The van der Waals surface area contributed by atoms with Gasteiger partial charge in [-0.25, -0.2) is 4.79 Å². The van der Waals surface area contributed by atoms with Gasteiger partial charge in [0, 0.05) is 18.2 Å². The van der Waals surface area contributed by atoms with E-state index in [-0.39, 0.29) is 17.7 Å². The van der Waals surface area contributed by atoms with Crippen LogP contribution in [0.3, 0.4) is 0 Å². The van der Waals surface area contributed by atoms with E-state index in [1.807, 2.05) is 13.8 Å². The molecule has 0 aliphatic rings. The van der Waals surface area contributed by atoms with Crippen molar-refractivity contribution in [1.29, 1.82) is 0 Å². The van der Waals surface area contributed by atoms with E-state index in [0.717, 1.165) is 0 Å². The summed E-state index contributed by atoms with van der Waals surface area (Å²) >= 11 is 0. The third-order valence-corrected chi connectivity index (χ3v) is 2.97. The fraction of sp³-hybridized carbons (Fsp3) is 0.438. The highest BCUT2D eigenvalue weighted by molar-refractivity contribution is 5.97. The second kappa shape index (κ2) is 8.17. The number of carbonyl (C=O) groups excluding carboxylic acids is 3. The van der Waals surface area contributed by atoms with Gasteiger partial charge < -0.3 is 15.4 Å². The minimum atomic E-state index is -0.674. The highest BCUT2D eigenvalue weighted by Crippen LogP contribution is 2.11. The SMILES string of the molecule is COC(=O)C(CC(C)C)NC(=O)c1ccc(NC(C)=O)cc1. The van der Waals surface area contributed by atoms with Gasteiger partial charge in [-0.1, -0.05) is 13.8 Å². The molecule has 0 radical (unpaired) electrons. The van der Waals surface area contributed by atoms with E-state index < -0.39 is 12.0 Å². The zero-order valence-electron chi connectivity index (χ0n) is 13.3. The summed E-state index contributed by atoms with van der Waals surface area (Å²) in [4.78, 5) is 34.8. The van der Waals surface area contributed by atoms with Crippen LogP contribution >= 0.6 is 0 Å². The molecule has 120 valence electrons. The molecule has 0 saturated heterocycles. The van der Waals surface area contributed by atoms with Crippen LogP contribution in [0.1, 0.15) is 37.6 Å². The Morgan fingerprint density at radius 2 is 1.73 bits per heavy atom. The van der Waals surface area contributed by atoms with E-state index in [4.69, 9.17) is 4.74 Å². The van der Waals surface area contributed by atoms with Crippen LogP contribution in [0.5, 0.6) is 0 Å². The van der Waals surface area contributed by atoms with E-state index in [2.05, 4.69) is 10.6 Å². The molecule has 2 N–H and O–H groups in total. The fourth-order valence-electron chi connectivity index (χ4n) is 1.98. The molecule has 0 aliphatic heterocycles. The normalized spacial score (nSPS) is 11.7. The molecule has 0 aliphatic carbocycles. The van der Waals surface area contributed by atoms with Gasteiger partial charge in [-0.2, -0.15) is 0 Å². The van der Waals surface area contributed by atoms with Crippen LogP contribution in [0.25, 0.3) is 0 Å². The molecule has 1 atom stereocenters. The Labute approximate surface area is 130 Å². The van der Waals surface area contributed by atoms with Gasteiger partial charge in [0.25, 0.3) is 5.91 Å². The lowest BCUT2D eigenvalue weighted by molar-refractivity contribution is -0.143.